The molecule has 2 aromatic rings. The molecule has 0 amide bonds. The van der Waals surface area contributed by atoms with Crippen LogP contribution in [0.25, 0.3) is 10.8 Å². The first kappa shape index (κ1) is 18.9. The molecule has 0 heterocycles. The van der Waals surface area contributed by atoms with E-state index in [1.165, 1.54) is 18.7 Å². The lowest BCUT2D eigenvalue weighted by Gasteiger charge is -2.22. The van der Waals surface area contributed by atoms with Gasteiger partial charge in [-0.2, -0.15) is 0 Å². The second kappa shape index (κ2) is 7.66. The van der Waals surface area contributed by atoms with Gasteiger partial charge in [0.1, 0.15) is 5.29 Å². The van der Waals surface area contributed by atoms with Gasteiger partial charge in [-0.15, -0.1) is 0 Å². The first-order valence-electron chi connectivity index (χ1n) is 7.63. The molecule has 2 atom stereocenters. The Morgan fingerprint density at radius 2 is 1.88 bits per heavy atom. The van der Waals surface area contributed by atoms with Gasteiger partial charge in [0, 0.05) is 10.8 Å². The molecule has 0 radical (unpaired) electrons. The minimum absolute atomic E-state index is 0.179. The fourth-order valence-electron chi connectivity index (χ4n) is 2.66. The number of aliphatic carboxylic acids is 1. The topological polar surface area (TPSA) is 80.6 Å². The Morgan fingerprint density at radius 1 is 1.25 bits per heavy atom. The van der Waals surface area contributed by atoms with Gasteiger partial charge >= 0.3 is 5.97 Å². The van der Waals surface area contributed by atoms with Crippen LogP contribution in [0.3, 0.4) is 0 Å². The fourth-order valence-corrected chi connectivity index (χ4v) is 5.82. The van der Waals surface area contributed by atoms with Gasteiger partial charge in [-0.05, 0) is 29.8 Å². The van der Waals surface area contributed by atoms with E-state index in [4.69, 9.17) is 0 Å². The largest absolute Gasteiger partial charge is 0.630 e. The quantitative estimate of drug-likeness (QED) is 0.607. The van der Waals surface area contributed by atoms with Crippen LogP contribution in [0.1, 0.15) is 20.8 Å². The molecule has 2 rings (SSSR count). The Morgan fingerprint density at radius 3 is 2.46 bits per heavy atom. The van der Waals surface area contributed by atoms with Crippen molar-refractivity contribution in [2.24, 2.45) is 5.92 Å². The van der Waals surface area contributed by atoms with Crippen LogP contribution >= 0.6 is 19.5 Å². The molecular formula is C18H21O4PS. The summed E-state index contributed by atoms with van der Waals surface area (Å²) in [5.41, 5.74) is -1.84. The molecule has 0 aliphatic heterocycles. The highest BCUT2D eigenvalue weighted by Gasteiger charge is 2.42. The second-order valence-electron chi connectivity index (χ2n) is 6.08. The summed E-state index contributed by atoms with van der Waals surface area (Å²) in [6.45, 7) is 4.69. The van der Waals surface area contributed by atoms with Crippen LogP contribution in [0.2, 0.25) is 0 Å². The Hall–Kier alpha value is -1.39. The molecule has 24 heavy (non-hydrogen) atoms. The molecule has 0 saturated carbocycles. The summed E-state index contributed by atoms with van der Waals surface area (Å²) in [6.07, 6.45) is 0. The van der Waals surface area contributed by atoms with Gasteiger partial charge in [0.05, 0.1) is 7.77 Å². The third-order valence-corrected chi connectivity index (χ3v) is 7.33. The van der Waals surface area contributed by atoms with E-state index in [-0.39, 0.29) is 16.7 Å². The molecule has 0 saturated heterocycles. The maximum atomic E-state index is 12.6. The zero-order valence-electron chi connectivity index (χ0n) is 13.9. The van der Waals surface area contributed by atoms with Gasteiger partial charge in [0.15, 0.2) is 5.49 Å². The predicted octanol–water partition coefficient (Wildman–Crippen LogP) is 3.31. The lowest BCUT2D eigenvalue weighted by Crippen LogP contribution is -2.46. The maximum Gasteiger partial charge on any atom is 0.343 e. The van der Waals surface area contributed by atoms with Crippen LogP contribution in [0.4, 0.5) is 0 Å². The van der Waals surface area contributed by atoms with Crippen LogP contribution in [0.15, 0.2) is 47.4 Å². The summed E-state index contributed by atoms with van der Waals surface area (Å²) in [4.78, 5) is 24.9. The van der Waals surface area contributed by atoms with Crippen molar-refractivity contribution in [2.75, 3.05) is 5.49 Å². The maximum absolute atomic E-state index is 12.6. The smallest absolute Gasteiger partial charge is 0.343 e. The van der Waals surface area contributed by atoms with Crippen molar-refractivity contribution in [3.8, 4) is 0 Å². The summed E-state index contributed by atoms with van der Waals surface area (Å²) in [5, 5.41) is 21.8. The van der Waals surface area contributed by atoms with Gasteiger partial charge in [0.2, 0.25) is 5.60 Å². The normalized spacial score (nSPS) is 15.2. The van der Waals surface area contributed by atoms with Crippen LogP contribution in [0, 0.1) is 5.92 Å². The first-order valence-corrected chi connectivity index (χ1v) is 10.1. The zero-order chi connectivity index (χ0) is 17.9. The average Bonchev–Trinajstić information content (AvgIpc) is 2.52. The fraction of sp³-hybridized carbons (Fsp3) is 0.333. The summed E-state index contributed by atoms with van der Waals surface area (Å²) in [7, 11) is -1.97. The number of rotatable bonds is 6. The average molecular weight is 364 g/mol. The highest BCUT2D eigenvalue weighted by atomic mass is 32.2. The summed E-state index contributed by atoms with van der Waals surface area (Å²) < 4.78 is 0. The summed E-state index contributed by atoms with van der Waals surface area (Å²) in [6, 6.07) is 14.0. The van der Waals surface area contributed by atoms with E-state index in [2.05, 4.69) is 0 Å². The first-order chi connectivity index (χ1) is 11.2. The number of carbonyl (C=O) groups is 1. The summed E-state index contributed by atoms with van der Waals surface area (Å²) in [5.74, 6) is -1.65. The highest BCUT2D eigenvalue weighted by Crippen LogP contribution is 2.34. The Bertz CT molecular complexity index is 783. The molecule has 2 N–H and O–H groups in total. The third kappa shape index (κ3) is 4.17. The third-order valence-electron chi connectivity index (χ3n) is 3.80. The van der Waals surface area contributed by atoms with Crippen LogP contribution in [-0.4, -0.2) is 32.6 Å². The Labute approximate surface area is 147 Å². The van der Waals surface area contributed by atoms with Gasteiger partial charge in [-0.25, -0.2) is 4.79 Å². The van der Waals surface area contributed by atoms with Crippen molar-refractivity contribution >= 4 is 41.6 Å². The SMILES string of the molecule is CC(C)C(=[P+]([O-])CSc1ccc2ccccc2c1)C(C)(O)C(=O)O. The molecule has 0 fully saturated rings. The molecule has 0 spiro atoms. The van der Waals surface area contributed by atoms with E-state index in [1.54, 1.807) is 13.8 Å². The molecule has 0 aromatic heterocycles. The van der Waals surface area contributed by atoms with Crippen LogP contribution < -0.4 is 4.89 Å². The monoisotopic (exact) mass is 364 g/mol. The van der Waals surface area contributed by atoms with Crippen LogP contribution in [0.5, 0.6) is 0 Å². The number of hydrogen-bond donors (Lipinski definition) is 2. The molecule has 0 aliphatic rings. The van der Waals surface area contributed by atoms with Crippen molar-refractivity contribution < 1.29 is 19.9 Å². The number of carboxylic acids is 1. The van der Waals surface area contributed by atoms with E-state index in [9.17, 15) is 19.9 Å². The van der Waals surface area contributed by atoms with Crippen molar-refractivity contribution in [1.29, 1.82) is 0 Å². The van der Waals surface area contributed by atoms with Crippen molar-refractivity contribution in [3.63, 3.8) is 0 Å². The minimum atomic E-state index is -2.08. The minimum Gasteiger partial charge on any atom is -0.630 e. The van der Waals surface area contributed by atoms with Crippen molar-refractivity contribution in [1.82, 2.24) is 0 Å². The molecule has 2 unspecified atom stereocenters. The lowest BCUT2D eigenvalue weighted by atomic mass is 9.94. The standard InChI is InChI=1S/C18H21O4PS/c1-12(2)16(18(3,21)17(19)20)23(22)11-24-15-9-8-13-6-4-5-7-14(13)10-15/h4-10,12,21H,11H2,1-3H3,(H,19,20). The number of thioether (sulfide) groups is 1. The number of fused-ring (bicyclic) bond motifs is 1. The van der Waals surface area contributed by atoms with Crippen LogP contribution in [-0.2, 0) is 4.79 Å². The van der Waals surface area contributed by atoms with Gasteiger partial charge < -0.3 is 15.1 Å². The highest BCUT2D eigenvalue weighted by molar-refractivity contribution is 8.04. The van der Waals surface area contributed by atoms with E-state index in [0.29, 0.717) is 0 Å². The molecule has 6 heteroatoms. The molecule has 2 aromatic carbocycles. The molecule has 0 bridgehead atoms. The Balaban J connectivity index is 2.25. The number of aliphatic hydroxyl groups is 1. The molecule has 4 nitrogen and oxygen atoms in total. The summed E-state index contributed by atoms with van der Waals surface area (Å²) >= 11 is 1.41. The van der Waals surface area contributed by atoms with Gasteiger partial charge in [-0.1, -0.05) is 55.9 Å². The number of benzene rings is 2. The van der Waals surface area contributed by atoms with E-state index >= 15 is 0 Å². The van der Waals surface area contributed by atoms with Gasteiger partial charge in [0.25, 0.3) is 0 Å². The van der Waals surface area contributed by atoms with E-state index in [1.807, 2.05) is 42.5 Å². The zero-order valence-corrected chi connectivity index (χ0v) is 15.6. The second-order valence-corrected chi connectivity index (χ2v) is 9.11. The molecule has 128 valence electrons. The van der Waals surface area contributed by atoms with E-state index < -0.39 is 19.3 Å². The van der Waals surface area contributed by atoms with Gasteiger partial charge in [-0.3, -0.25) is 0 Å². The molecule has 0 aliphatic carbocycles. The molecular weight excluding hydrogens is 343 g/mol. The van der Waals surface area contributed by atoms with E-state index in [0.717, 1.165) is 15.7 Å². The van der Waals surface area contributed by atoms with Crippen molar-refractivity contribution in [2.45, 2.75) is 31.3 Å². The lowest BCUT2D eigenvalue weighted by molar-refractivity contribution is -0.155. The number of hydrogen-bond acceptors (Lipinski definition) is 4. The van der Waals surface area contributed by atoms with Crippen molar-refractivity contribution in [3.05, 3.63) is 42.5 Å². The number of carboxylic acid groups (broad SMARTS) is 1. The Kier molecular flexibility index (Phi) is 6.05. The predicted molar refractivity (Wildman–Crippen MR) is 99.7 cm³/mol.